The Hall–Kier alpha value is -1.41. The number of unbranched alkanes of at least 4 members (excludes halogenated alkanes) is 5. The van der Waals surface area contributed by atoms with E-state index in [9.17, 15) is 4.79 Å². The van der Waals surface area contributed by atoms with E-state index >= 15 is 0 Å². The lowest BCUT2D eigenvalue weighted by atomic mass is 10.1. The molecule has 0 unspecified atom stereocenters. The van der Waals surface area contributed by atoms with Gasteiger partial charge in [-0.05, 0) is 30.2 Å². The normalized spacial score (nSPS) is 19.3. The van der Waals surface area contributed by atoms with E-state index in [0.29, 0.717) is 35.5 Å². The van der Waals surface area contributed by atoms with Gasteiger partial charge in [0.15, 0.2) is 4.32 Å². The summed E-state index contributed by atoms with van der Waals surface area (Å²) >= 11 is 6.78. The molecule has 0 N–H and O–H groups in total. The topological polar surface area (TPSA) is 42.0 Å². The third-order valence-corrected chi connectivity index (χ3v) is 6.27. The molecule has 29 heavy (non-hydrogen) atoms. The van der Waals surface area contributed by atoms with Crippen molar-refractivity contribution in [2.45, 2.75) is 45.4 Å². The predicted octanol–water partition coefficient (Wildman–Crippen LogP) is 4.87. The van der Waals surface area contributed by atoms with E-state index in [1.807, 2.05) is 35.4 Å². The first-order valence-corrected chi connectivity index (χ1v) is 11.7. The van der Waals surface area contributed by atoms with Gasteiger partial charge in [-0.2, -0.15) is 0 Å². The molecule has 2 aliphatic rings. The average molecular weight is 435 g/mol. The van der Waals surface area contributed by atoms with Gasteiger partial charge in [-0.3, -0.25) is 4.79 Å². The summed E-state index contributed by atoms with van der Waals surface area (Å²) in [5.74, 6) is 0.821. The number of hydrogen-bond acceptors (Lipinski definition) is 6. The summed E-state index contributed by atoms with van der Waals surface area (Å²) in [6.07, 6.45) is 9.44. The minimum absolute atomic E-state index is 0.0506. The molecule has 2 saturated heterocycles. The first-order valence-electron chi connectivity index (χ1n) is 10.5. The van der Waals surface area contributed by atoms with Crippen LogP contribution in [0.25, 0.3) is 6.08 Å². The van der Waals surface area contributed by atoms with Crippen LogP contribution in [0, 0.1) is 0 Å². The number of amides is 1. The fourth-order valence-electron chi connectivity index (χ4n) is 3.34. The molecule has 0 saturated carbocycles. The van der Waals surface area contributed by atoms with Gasteiger partial charge in [-0.15, -0.1) is 0 Å². The van der Waals surface area contributed by atoms with Crippen LogP contribution in [0.5, 0.6) is 5.75 Å². The minimum atomic E-state index is -0.0506. The lowest BCUT2D eigenvalue weighted by molar-refractivity contribution is -0.138. The highest BCUT2D eigenvalue weighted by Gasteiger charge is 2.36. The smallest absolute Gasteiger partial charge is 0.280 e. The van der Waals surface area contributed by atoms with Gasteiger partial charge in [0, 0.05) is 13.1 Å². The van der Waals surface area contributed by atoms with Crippen molar-refractivity contribution in [2.75, 3.05) is 32.9 Å². The molecular formula is C22H30N2O3S2. The quantitative estimate of drug-likeness (QED) is 0.297. The summed E-state index contributed by atoms with van der Waals surface area (Å²) in [7, 11) is 0. The molecule has 1 aromatic rings. The fourth-order valence-corrected chi connectivity index (χ4v) is 4.65. The van der Waals surface area contributed by atoms with Crippen LogP contribution in [0.3, 0.4) is 0 Å². The van der Waals surface area contributed by atoms with E-state index < -0.39 is 0 Å². The molecular weight excluding hydrogens is 404 g/mol. The number of hydrogen-bond donors (Lipinski definition) is 0. The Morgan fingerprint density at radius 1 is 1.10 bits per heavy atom. The second-order valence-corrected chi connectivity index (χ2v) is 8.92. The van der Waals surface area contributed by atoms with Crippen LogP contribution in [0.1, 0.15) is 51.0 Å². The van der Waals surface area contributed by atoms with E-state index in [0.717, 1.165) is 24.3 Å². The maximum absolute atomic E-state index is 12.8. The van der Waals surface area contributed by atoms with Crippen LogP contribution < -0.4 is 4.74 Å². The Morgan fingerprint density at radius 2 is 1.79 bits per heavy atom. The molecule has 1 aromatic carbocycles. The standard InChI is InChI=1S/C22H30N2O3S2/c1-2-3-4-5-6-7-14-27-19-10-8-18(9-11-19)17-20-21(25)24(22(28)29-20)23-12-15-26-16-13-23/h8-11,17H,2-7,12-16H2,1H3. The van der Waals surface area contributed by atoms with Gasteiger partial charge in [0.1, 0.15) is 5.75 Å². The molecule has 0 atom stereocenters. The van der Waals surface area contributed by atoms with E-state index in [2.05, 4.69) is 6.92 Å². The zero-order valence-electron chi connectivity index (χ0n) is 17.1. The molecule has 0 spiro atoms. The van der Waals surface area contributed by atoms with Crippen LogP contribution in [-0.2, 0) is 9.53 Å². The number of benzene rings is 1. The maximum atomic E-state index is 12.8. The average Bonchev–Trinajstić information content (AvgIpc) is 3.02. The molecule has 7 heteroatoms. The maximum Gasteiger partial charge on any atom is 0.280 e. The molecule has 0 aliphatic carbocycles. The highest BCUT2D eigenvalue weighted by molar-refractivity contribution is 8.26. The van der Waals surface area contributed by atoms with Gasteiger partial charge in [-0.1, -0.05) is 75.1 Å². The fraction of sp³-hybridized carbons (Fsp3) is 0.545. The largest absolute Gasteiger partial charge is 0.494 e. The van der Waals surface area contributed by atoms with Crippen molar-refractivity contribution >= 4 is 40.3 Å². The van der Waals surface area contributed by atoms with Crippen molar-refractivity contribution < 1.29 is 14.3 Å². The number of carbonyl (C=O) groups excluding carboxylic acids is 1. The van der Waals surface area contributed by atoms with Crippen molar-refractivity contribution in [2.24, 2.45) is 0 Å². The van der Waals surface area contributed by atoms with Gasteiger partial charge >= 0.3 is 0 Å². The third kappa shape index (κ3) is 6.54. The van der Waals surface area contributed by atoms with Gasteiger partial charge < -0.3 is 9.47 Å². The van der Waals surface area contributed by atoms with Crippen molar-refractivity contribution in [1.82, 2.24) is 10.0 Å². The SMILES string of the molecule is CCCCCCCCOc1ccc(C=C2SC(=S)N(N3CCOCC3)C2=O)cc1. The van der Waals surface area contributed by atoms with E-state index in [1.165, 1.54) is 43.9 Å². The molecule has 0 bridgehead atoms. The summed E-state index contributed by atoms with van der Waals surface area (Å²) in [5, 5.41) is 3.59. The second-order valence-electron chi connectivity index (χ2n) is 7.24. The molecule has 158 valence electrons. The zero-order chi connectivity index (χ0) is 20.5. The Morgan fingerprint density at radius 3 is 2.52 bits per heavy atom. The summed E-state index contributed by atoms with van der Waals surface area (Å²) in [4.78, 5) is 13.5. The Balaban J connectivity index is 1.49. The molecule has 2 aliphatic heterocycles. The molecule has 1 amide bonds. The Kier molecular flexibility index (Phi) is 8.98. The Labute approximate surface area is 183 Å². The number of thiocarbonyl (C=S) groups is 1. The van der Waals surface area contributed by atoms with E-state index in [1.54, 1.807) is 5.01 Å². The lowest BCUT2D eigenvalue weighted by Gasteiger charge is -2.33. The molecule has 0 aromatic heterocycles. The van der Waals surface area contributed by atoms with E-state index in [-0.39, 0.29) is 5.91 Å². The van der Waals surface area contributed by atoms with Crippen molar-refractivity contribution in [1.29, 1.82) is 0 Å². The number of hydrazine groups is 1. The number of rotatable bonds is 10. The van der Waals surface area contributed by atoms with Crippen LogP contribution in [-0.4, -0.2) is 53.2 Å². The van der Waals surface area contributed by atoms with Crippen molar-refractivity contribution in [3.8, 4) is 5.75 Å². The minimum Gasteiger partial charge on any atom is -0.494 e. The lowest BCUT2D eigenvalue weighted by Crippen LogP contribution is -2.50. The predicted molar refractivity (Wildman–Crippen MR) is 123 cm³/mol. The zero-order valence-corrected chi connectivity index (χ0v) is 18.7. The summed E-state index contributed by atoms with van der Waals surface area (Å²) < 4.78 is 11.8. The summed E-state index contributed by atoms with van der Waals surface area (Å²) in [6, 6.07) is 7.90. The second kappa shape index (κ2) is 11.7. The van der Waals surface area contributed by atoms with Crippen LogP contribution >= 0.6 is 24.0 Å². The first kappa shape index (κ1) is 22.3. The van der Waals surface area contributed by atoms with Crippen molar-refractivity contribution in [3.05, 3.63) is 34.7 Å². The highest BCUT2D eigenvalue weighted by atomic mass is 32.2. The van der Waals surface area contributed by atoms with Crippen LogP contribution in [0.2, 0.25) is 0 Å². The number of ether oxygens (including phenoxy) is 2. The first-order chi connectivity index (χ1) is 14.2. The van der Waals surface area contributed by atoms with Gasteiger partial charge in [0.05, 0.1) is 24.7 Å². The number of nitrogens with zero attached hydrogens (tertiary/aromatic N) is 2. The van der Waals surface area contributed by atoms with Gasteiger partial charge in [-0.25, -0.2) is 10.0 Å². The van der Waals surface area contributed by atoms with Crippen LogP contribution in [0.15, 0.2) is 29.2 Å². The third-order valence-electron chi connectivity index (χ3n) is 4.99. The van der Waals surface area contributed by atoms with Crippen LogP contribution in [0.4, 0.5) is 0 Å². The summed E-state index contributed by atoms with van der Waals surface area (Å²) in [6.45, 7) is 5.60. The van der Waals surface area contributed by atoms with Gasteiger partial charge in [0.25, 0.3) is 5.91 Å². The molecule has 2 heterocycles. The monoisotopic (exact) mass is 434 g/mol. The van der Waals surface area contributed by atoms with Gasteiger partial charge in [0.2, 0.25) is 0 Å². The Bertz CT molecular complexity index is 715. The molecule has 0 radical (unpaired) electrons. The number of morpholine rings is 1. The highest BCUT2D eigenvalue weighted by Crippen LogP contribution is 2.34. The van der Waals surface area contributed by atoms with Crippen molar-refractivity contribution in [3.63, 3.8) is 0 Å². The number of thioether (sulfide) groups is 1. The molecule has 3 rings (SSSR count). The van der Waals surface area contributed by atoms with E-state index in [4.69, 9.17) is 21.7 Å². The summed E-state index contributed by atoms with van der Waals surface area (Å²) in [5.41, 5.74) is 0.972. The molecule has 2 fully saturated rings. The number of carbonyl (C=O) groups is 1. The molecule has 5 nitrogen and oxygen atoms in total.